The van der Waals surface area contributed by atoms with Crippen LogP contribution in [-0.2, 0) is 4.79 Å². The molecule has 0 aromatic carbocycles. The minimum Gasteiger partial charge on any atom is -0.354 e. The van der Waals surface area contributed by atoms with Gasteiger partial charge in [-0.2, -0.15) is 11.3 Å². The molecule has 122 valence electrons. The molecule has 1 aliphatic rings. The molecule has 0 radical (unpaired) electrons. The minimum absolute atomic E-state index is 0.00743. The Morgan fingerprint density at radius 3 is 2.91 bits per heavy atom. The van der Waals surface area contributed by atoms with Gasteiger partial charge in [0.25, 0.3) is 0 Å². The van der Waals surface area contributed by atoms with Crippen molar-refractivity contribution >= 4 is 23.3 Å². The van der Waals surface area contributed by atoms with Gasteiger partial charge in [-0.05, 0) is 49.3 Å². The van der Waals surface area contributed by atoms with Gasteiger partial charge in [0.1, 0.15) is 0 Å². The van der Waals surface area contributed by atoms with Crippen molar-refractivity contribution in [1.82, 2.24) is 15.1 Å². The molecule has 0 unspecified atom stereocenters. The van der Waals surface area contributed by atoms with Crippen LogP contribution in [0, 0.1) is 5.92 Å². The number of amides is 3. The fraction of sp³-hybridized carbons (Fsp3) is 0.600. The van der Waals surface area contributed by atoms with Crippen LogP contribution in [0.2, 0.25) is 0 Å². The molecule has 1 aliphatic heterocycles. The van der Waals surface area contributed by atoms with E-state index in [0.29, 0.717) is 19.6 Å². The standard InChI is InChI=1S/C15H24N4O2S/c1-18(2)13(12-5-7-22-10-12)8-17-14(20)11-4-3-6-19(9-11)15(16)21/h5,7,10-11,13H,3-4,6,8-9H2,1-2H3,(H2,16,21)(H,17,20)/t11-,13+/m1/s1. The van der Waals surface area contributed by atoms with Gasteiger partial charge < -0.3 is 20.9 Å². The first kappa shape index (κ1) is 16.8. The number of piperidine rings is 1. The number of nitrogens with zero attached hydrogens (tertiary/aromatic N) is 2. The molecular weight excluding hydrogens is 300 g/mol. The van der Waals surface area contributed by atoms with Crippen molar-refractivity contribution in [2.75, 3.05) is 33.7 Å². The second-order valence-electron chi connectivity index (χ2n) is 5.90. The minimum atomic E-state index is -0.443. The predicted octanol–water partition coefficient (Wildman–Crippen LogP) is 1.26. The van der Waals surface area contributed by atoms with Crippen LogP contribution in [0.4, 0.5) is 4.79 Å². The number of carbonyl (C=O) groups excluding carboxylic acids is 2. The van der Waals surface area contributed by atoms with Crippen molar-refractivity contribution < 1.29 is 9.59 Å². The molecule has 6 nitrogen and oxygen atoms in total. The second-order valence-corrected chi connectivity index (χ2v) is 6.68. The van der Waals surface area contributed by atoms with Crippen LogP contribution in [0.25, 0.3) is 0 Å². The van der Waals surface area contributed by atoms with Gasteiger partial charge in [0.15, 0.2) is 0 Å². The molecule has 0 bridgehead atoms. The van der Waals surface area contributed by atoms with Crippen LogP contribution < -0.4 is 11.1 Å². The molecule has 0 spiro atoms. The molecule has 1 aromatic rings. The number of thiophene rings is 1. The summed E-state index contributed by atoms with van der Waals surface area (Å²) in [7, 11) is 4.01. The number of nitrogens with one attached hydrogen (secondary N) is 1. The zero-order valence-corrected chi connectivity index (χ0v) is 13.9. The van der Waals surface area contributed by atoms with Crippen LogP contribution in [0.5, 0.6) is 0 Å². The van der Waals surface area contributed by atoms with Crippen LogP contribution in [-0.4, -0.2) is 55.5 Å². The number of urea groups is 1. The van der Waals surface area contributed by atoms with E-state index in [1.807, 2.05) is 19.5 Å². The smallest absolute Gasteiger partial charge is 0.314 e. The molecule has 2 heterocycles. The summed E-state index contributed by atoms with van der Waals surface area (Å²) in [5.41, 5.74) is 6.51. The summed E-state index contributed by atoms with van der Waals surface area (Å²) in [6, 6.07) is 1.80. The lowest BCUT2D eigenvalue weighted by molar-refractivity contribution is -0.126. The van der Waals surface area contributed by atoms with Gasteiger partial charge in [0.2, 0.25) is 5.91 Å². The highest BCUT2D eigenvalue weighted by molar-refractivity contribution is 7.07. The molecule has 2 atom stereocenters. The maximum atomic E-state index is 12.4. The monoisotopic (exact) mass is 324 g/mol. The fourth-order valence-corrected chi connectivity index (χ4v) is 3.50. The largest absolute Gasteiger partial charge is 0.354 e. The maximum Gasteiger partial charge on any atom is 0.314 e. The Labute approximate surface area is 135 Å². The highest BCUT2D eigenvalue weighted by Gasteiger charge is 2.28. The molecule has 22 heavy (non-hydrogen) atoms. The fourth-order valence-electron chi connectivity index (χ4n) is 2.80. The first-order chi connectivity index (χ1) is 10.5. The quantitative estimate of drug-likeness (QED) is 0.856. The number of primary amides is 1. The summed E-state index contributed by atoms with van der Waals surface area (Å²) < 4.78 is 0. The number of carbonyl (C=O) groups is 2. The normalized spacial score (nSPS) is 20.0. The lowest BCUT2D eigenvalue weighted by Crippen LogP contribution is -2.48. The highest BCUT2D eigenvalue weighted by atomic mass is 32.1. The van der Waals surface area contributed by atoms with Crippen LogP contribution >= 0.6 is 11.3 Å². The molecule has 0 saturated carbocycles. The third-order valence-electron chi connectivity index (χ3n) is 4.12. The number of hydrogen-bond donors (Lipinski definition) is 2. The molecular formula is C15H24N4O2S. The predicted molar refractivity (Wildman–Crippen MR) is 87.6 cm³/mol. The zero-order valence-electron chi connectivity index (χ0n) is 13.1. The Morgan fingerprint density at radius 1 is 1.55 bits per heavy atom. The van der Waals surface area contributed by atoms with Crippen LogP contribution in [0.15, 0.2) is 16.8 Å². The van der Waals surface area contributed by atoms with Crippen LogP contribution in [0.1, 0.15) is 24.4 Å². The van der Waals surface area contributed by atoms with Gasteiger partial charge in [-0.15, -0.1) is 0 Å². The summed E-state index contributed by atoms with van der Waals surface area (Å²) in [6.07, 6.45) is 1.63. The molecule has 2 rings (SSSR count). The Balaban J connectivity index is 1.89. The summed E-state index contributed by atoms with van der Waals surface area (Å²) in [6.45, 7) is 1.64. The van der Waals surface area contributed by atoms with E-state index < -0.39 is 6.03 Å². The SMILES string of the molecule is CN(C)[C@@H](CNC(=O)[C@@H]1CCCN(C(N)=O)C1)c1ccsc1. The van der Waals surface area contributed by atoms with Gasteiger partial charge in [-0.25, -0.2) is 4.79 Å². The van der Waals surface area contributed by atoms with E-state index in [4.69, 9.17) is 5.73 Å². The number of hydrogen-bond acceptors (Lipinski definition) is 4. The maximum absolute atomic E-state index is 12.4. The van der Waals surface area contributed by atoms with E-state index in [1.54, 1.807) is 16.2 Å². The average Bonchev–Trinajstić information content (AvgIpc) is 3.01. The topological polar surface area (TPSA) is 78.7 Å². The van der Waals surface area contributed by atoms with E-state index in [-0.39, 0.29) is 17.9 Å². The molecule has 1 aromatic heterocycles. The molecule has 7 heteroatoms. The summed E-state index contributed by atoms with van der Waals surface area (Å²) in [4.78, 5) is 27.2. The Morgan fingerprint density at radius 2 is 2.32 bits per heavy atom. The van der Waals surface area contributed by atoms with Gasteiger partial charge in [0.05, 0.1) is 12.0 Å². The third kappa shape index (κ3) is 4.20. The summed E-state index contributed by atoms with van der Waals surface area (Å²) in [5.74, 6) is -0.153. The number of likely N-dealkylation sites (N-methyl/N-ethyl adjacent to an activating group) is 1. The van der Waals surface area contributed by atoms with Crippen molar-refractivity contribution in [1.29, 1.82) is 0 Å². The van der Waals surface area contributed by atoms with Crippen molar-refractivity contribution in [2.24, 2.45) is 11.7 Å². The Kier molecular flexibility index (Phi) is 5.79. The molecule has 1 fully saturated rings. The molecule has 3 amide bonds. The summed E-state index contributed by atoms with van der Waals surface area (Å²) in [5, 5.41) is 7.17. The third-order valence-corrected chi connectivity index (χ3v) is 4.83. The van der Waals surface area contributed by atoms with Crippen molar-refractivity contribution in [2.45, 2.75) is 18.9 Å². The van der Waals surface area contributed by atoms with E-state index in [0.717, 1.165) is 12.8 Å². The van der Waals surface area contributed by atoms with E-state index in [2.05, 4.69) is 21.7 Å². The average molecular weight is 324 g/mol. The molecule has 0 aliphatic carbocycles. The number of rotatable bonds is 5. The van der Waals surface area contributed by atoms with Gasteiger partial charge >= 0.3 is 6.03 Å². The Hall–Kier alpha value is -1.60. The highest BCUT2D eigenvalue weighted by Crippen LogP contribution is 2.21. The first-order valence-electron chi connectivity index (χ1n) is 7.49. The molecule has 1 saturated heterocycles. The second kappa shape index (κ2) is 7.60. The van der Waals surface area contributed by atoms with E-state index >= 15 is 0 Å². The van der Waals surface area contributed by atoms with E-state index in [1.165, 1.54) is 5.56 Å². The van der Waals surface area contributed by atoms with Crippen LogP contribution in [0.3, 0.4) is 0 Å². The van der Waals surface area contributed by atoms with Gasteiger partial charge in [-0.3, -0.25) is 4.79 Å². The van der Waals surface area contributed by atoms with Crippen molar-refractivity contribution in [3.63, 3.8) is 0 Å². The van der Waals surface area contributed by atoms with Crippen molar-refractivity contribution in [3.05, 3.63) is 22.4 Å². The number of likely N-dealkylation sites (tertiary alicyclic amines) is 1. The summed E-state index contributed by atoms with van der Waals surface area (Å²) >= 11 is 1.65. The number of nitrogens with two attached hydrogens (primary N) is 1. The van der Waals surface area contributed by atoms with Crippen molar-refractivity contribution in [3.8, 4) is 0 Å². The zero-order chi connectivity index (χ0) is 16.1. The lowest BCUT2D eigenvalue weighted by Gasteiger charge is -2.31. The molecule has 3 N–H and O–H groups in total. The van der Waals surface area contributed by atoms with Gasteiger partial charge in [-0.1, -0.05) is 0 Å². The van der Waals surface area contributed by atoms with E-state index in [9.17, 15) is 9.59 Å². The lowest BCUT2D eigenvalue weighted by atomic mass is 9.97. The Bertz CT molecular complexity index is 504. The van der Waals surface area contributed by atoms with Gasteiger partial charge in [0, 0.05) is 19.6 Å². The first-order valence-corrected chi connectivity index (χ1v) is 8.44.